The smallest absolute Gasteiger partial charge is 0.266 e. The maximum absolute atomic E-state index is 12.0. The highest BCUT2D eigenvalue weighted by molar-refractivity contribution is 7.92. The Kier molecular flexibility index (Phi) is 3.37. The number of rotatable bonds is 5. The van der Waals surface area contributed by atoms with Crippen LogP contribution in [0.25, 0.3) is 0 Å². The number of anilines is 1. The van der Waals surface area contributed by atoms with Gasteiger partial charge in [-0.2, -0.15) is 10.2 Å². The minimum atomic E-state index is -3.63. The number of H-pyrrole nitrogens is 2. The zero-order valence-corrected chi connectivity index (χ0v) is 11.0. The van der Waals surface area contributed by atoms with E-state index in [0.717, 1.165) is 18.5 Å². The van der Waals surface area contributed by atoms with Gasteiger partial charge in [-0.15, -0.1) is 0 Å². The fraction of sp³-hybridized carbons (Fsp3) is 0.400. The summed E-state index contributed by atoms with van der Waals surface area (Å²) < 4.78 is 26.5. The van der Waals surface area contributed by atoms with E-state index in [4.69, 9.17) is 0 Å². The number of aryl methyl sites for hydroxylation is 2. The zero-order chi connectivity index (χ0) is 13.2. The summed E-state index contributed by atoms with van der Waals surface area (Å²) in [5.41, 5.74) is 1.39. The molecule has 0 saturated carbocycles. The molecule has 8 heteroatoms. The molecule has 2 aromatic heterocycles. The van der Waals surface area contributed by atoms with Crippen LogP contribution >= 0.6 is 0 Å². The number of nitrogens with zero attached hydrogens (tertiary/aromatic N) is 2. The molecule has 18 heavy (non-hydrogen) atoms. The number of hydrogen-bond acceptors (Lipinski definition) is 4. The lowest BCUT2D eigenvalue weighted by Gasteiger charge is -2.02. The van der Waals surface area contributed by atoms with Crippen LogP contribution < -0.4 is 4.72 Å². The van der Waals surface area contributed by atoms with Crippen LogP contribution in [0, 0.1) is 6.92 Å². The van der Waals surface area contributed by atoms with Crippen molar-refractivity contribution in [3.05, 3.63) is 23.7 Å². The summed E-state index contributed by atoms with van der Waals surface area (Å²) in [5, 5.41) is 13.0. The van der Waals surface area contributed by atoms with Gasteiger partial charge in [0, 0.05) is 11.8 Å². The van der Waals surface area contributed by atoms with Crippen molar-refractivity contribution < 1.29 is 8.42 Å². The molecule has 0 amide bonds. The van der Waals surface area contributed by atoms with Gasteiger partial charge < -0.3 is 0 Å². The first-order valence-corrected chi connectivity index (χ1v) is 7.08. The van der Waals surface area contributed by atoms with E-state index < -0.39 is 10.0 Å². The molecule has 0 unspecified atom stereocenters. The highest BCUT2D eigenvalue weighted by Gasteiger charge is 2.19. The monoisotopic (exact) mass is 269 g/mol. The maximum atomic E-state index is 12.0. The van der Waals surface area contributed by atoms with Crippen molar-refractivity contribution in [1.29, 1.82) is 0 Å². The quantitative estimate of drug-likeness (QED) is 0.758. The molecule has 0 spiro atoms. The molecule has 0 aliphatic rings. The molecule has 0 fully saturated rings. The molecule has 2 aromatic rings. The van der Waals surface area contributed by atoms with Crippen LogP contribution in [0.15, 0.2) is 17.2 Å². The van der Waals surface area contributed by atoms with E-state index in [-0.39, 0.29) is 4.90 Å². The Balaban J connectivity index is 2.20. The molecule has 2 rings (SSSR count). The van der Waals surface area contributed by atoms with Gasteiger partial charge in [-0.3, -0.25) is 14.9 Å². The van der Waals surface area contributed by atoms with Gasteiger partial charge in [-0.05, 0) is 13.3 Å². The van der Waals surface area contributed by atoms with E-state index in [1.807, 2.05) is 6.92 Å². The Morgan fingerprint density at radius 3 is 2.78 bits per heavy atom. The third-order valence-corrected chi connectivity index (χ3v) is 3.93. The Hall–Kier alpha value is -1.83. The molecule has 2 heterocycles. The average Bonchev–Trinajstić information content (AvgIpc) is 2.88. The van der Waals surface area contributed by atoms with Crippen LogP contribution in [-0.4, -0.2) is 28.8 Å². The molecule has 7 nitrogen and oxygen atoms in total. The van der Waals surface area contributed by atoms with Crippen LogP contribution in [0.4, 0.5) is 5.82 Å². The Bertz CT molecular complexity index is 628. The predicted molar refractivity (Wildman–Crippen MR) is 66.7 cm³/mol. The standard InChI is InChI=1S/C10H15N5O2S/c1-3-4-8-5-10(14-13-8)15-18(16,17)9-6-11-12-7(9)2/h5-6H,3-4H2,1-2H3,(H,11,12)(H2,13,14,15). The van der Waals surface area contributed by atoms with E-state index >= 15 is 0 Å². The van der Waals surface area contributed by atoms with Gasteiger partial charge in [0.25, 0.3) is 10.0 Å². The number of nitrogens with one attached hydrogen (secondary N) is 3. The maximum Gasteiger partial charge on any atom is 0.266 e. The summed E-state index contributed by atoms with van der Waals surface area (Å²) in [6, 6.07) is 1.69. The third-order valence-electron chi connectivity index (χ3n) is 2.46. The highest BCUT2D eigenvalue weighted by atomic mass is 32.2. The molecular weight excluding hydrogens is 254 g/mol. The Labute approximate surface area is 105 Å². The number of sulfonamides is 1. The van der Waals surface area contributed by atoms with Crippen LogP contribution in [0.5, 0.6) is 0 Å². The summed E-state index contributed by atoms with van der Waals surface area (Å²) in [4.78, 5) is 0.127. The molecule has 0 radical (unpaired) electrons. The topological polar surface area (TPSA) is 104 Å². The van der Waals surface area contributed by atoms with Crippen molar-refractivity contribution in [2.45, 2.75) is 31.6 Å². The Morgan fingerprint density at radius 2 is 2.17 bits per heavy atom. The first-order chi connectivity index (χ1) is 8.53. The van der Waals surface area contributed by atoms with E-state index in [1.165, 1.54) is 6.20 Å². The van der Waals surface area contributed by atoms with E-state index in [0.29, 0.717) is 11.5 Å². The Morgan fingerprint density at radius 1 is 1.39 bits per heavy atom. The van der Waals surface area contributed by atoms with Gasteiger partial charge in [0.05, 0.1) is 11.9 Å². The number of aromatic amines is 2. The lowest BCUT2D eigenvalue weighted by atomic mass is 10.2. The molecule has 0 aliphatic carbocycles. The predicted octanol–water partition coefficient (Wildman–Crippen LogP) is 1.19. The lowest BCUT2D eigenvalue weighted by molar-refractivity contribution is 0.600. The largest absolute Gasteiger partial charge is 0.281 e. The third kappa shape index (κ3) is 2.53. The second-order valence-electron chi connectivity index (χ2n) is 3.99. The molecule has 98 valence electrons. The van der Waals surface area contributed by atoms with Crippen LogP contribution in [0.1, 0.15) is 24.7 Å². The average molecular weight is 269 g/mol. The SMILES string of the molecule is CCCc1cc(NS(=O)(=O)c2cn[nH]c2C)n[nH]1. The molecule has 0 aromatic carbocycles. The van der Waals surface area contributed by atoms with Crippen molar-refractivity contribution in [2.75, 3.05) is 4.72 Å². The molecule has 0 atom stereocenters. The van der Waals surface area contributed by atoms with E-state index in [2.05, 4.69) is 25.1 Å². The summed E-state index contributed by atoms with van der Waals surface area (Å²) in [6.07, 6.45) is 3.08. The van der Waals surface area contributed by atoms with E-state index in [9.17, 15) is 8.42 Å². The van der Waals surface area contributed by atoms with Crippen molar-refractivity contribution in [1.82, 2.24) is 20.4 Å². The molecule has 0 aliphatic heterocycles. The number of hydrogen-bond donors (Lipinski definition) is 3. The van der Waals surface area contributed by atoms with Crippen LogP contribution in [-0.2, 0) is 16.4 Å². The van der Waals surface area contributed by atoms with Crippen molar-refractivity contribution in [2.24, 2.45) is 0 Å². The van der Waals surface area contributed by atoms with Gasteiger partial charge in [0.2, 0.25) is 0 Å². The molecule has 0 bridgehead atoms. The van der Waals surface area contributed by atoms with Gasteiger partial charge in [-0.1, -0.05) is 13.3 Å². The first-order valence-electron chi connectivity index (χ1n) is 5.60. The van der Waals surface area contributed by atoms with Crippen LogP contribution in [0.2, 0.25) is 0 Å². The van der Waals surface area contributed by atoms with Crippen molar-refractivity contribution in [3.63, 3.8) is 0 Å². The zero-order valence-electron chi connectivity index (χ0n) is 10.2. The van der Waals surface area contributed by atoms with Crippen molar-refractivity contribution in [3.8, 4) is 0 Å². The van der Waals surface area contributed by atoms with Crippen molar-refractivity contribution >= 4 is 15.8 Å². The first kappa shape index (κ1) is 12.6. The normalized spacial score (nSPS) is 11.7. The molecule has 3 N–H and O–H groups in total. The summed E-state index contributed by atoms with van der Waals surface area (Å²) >= 11 is 0. The number of aromatic nitrogens is 4. The highest BCUT2D eigenvalue weighted by Crippen LogP contribution is 2.16. The summed E-state index contributed by atoms with van der Waals surface area (Å²) in [7, 11) is -3.63. The lowest BCUT2D eigenvalue weighted by Crippen LogP contribution is -2.13. The second-order valence-corrected chi connectivity index (χ2v) is 5.64. The van der Waals surface area contributed by atoms with Crippen LogP contribution in [0.3, 0.4) is 0 Å². The second kappa shape index (κ2) is 4.81. The summed E-state index contributed by atoms with van der Waals surface area (Å²) in [5.74, 6) is 0.291. The fourth-order valence-electron chi connectivity index (χ4n) is 1.61. The molecule has 0 saturated heterocycles. The minimum Gasteiger partial charge on any atom is -0.281 e. The van der Waals surface area contributed by atoms with Gasteiger partial charge in [0.15, 0.2) is 5.82 Å². The summed E-state index contributed by atoms with van der Waals surface area (Å²) in [6.45, 7) is 3.69. The van der Waals surface area contributed by atoms with Gasteiger partial charge in [-0.25, -0.2) is 8.42 Å². The minimum absolute atomic E-state index is 0.127. The van der Waals surface area contributed by atoms with E-state index in [1.54, 1.807) is 13.0 Å². The molecular formula is C10H15N5O2S. The van der Waals surface area contributed by atoms with Gasteiger partial charge in [0.1, 0.15) is 4.90 Å². The fourth-order valence-corrected chi connectivity index (χ4v) is 2.74. The van der Waals surface area contributed by atoms with Gasteiger partial charge >= 0.3 is 0 Å².